The largest absolute Gasteiger partial charge is 0.493 e. The molecule has 0 saturated heterocycles. The van der Waals surface area contributed by atoms with Crippen molar-refractivity contribution in [3.8, 4) is 11.5 Å². The minimum Gasteiger partial charge on any atom is -0.493 e. The van der Waals surface area contributed by atoms with Crippen LogP contribution < -0.4 is 20.1 Å². The van der Waals surface area contributed by atoms with Gasteiger partial charge in [0.1, 0.15) is 5.75 Å². The summed E-state index contributed by atoms with van der Waals surface area (Å²) < 4.78 is 11.2. The van der Waals surface area contributed by atoms with Crippen LogP contribution in [0.1, 0.15) is 29.3 Å². The molecule has 0 aromatic heterocycles. The molecule has 4 rings (SSSR count). The monoisotopic (exact) mass is 338 g/mol. The SMILES string of the molecule is C[C@H]1Oc2c(cccc2C(=O)Nc2ccc3c(c2)CCCO3)NC1=O. The van der Waals surface area contributed by atoms with Gasteiger partial charge in [0.25, 0.3) is 11.8 Å². The zero-order valence-corrected chi connectivity index (χ0v) is 13.8. The molecule has 2 N–H and O–H groups in total. The Labute approximate surface area is 145 Å². The van der Waals surface area contributed by atoms with E-state index in [0.717, 1.165) is 30.8 Å². The normalized spacial score (nSPS) is 18.1. The van der Waals surface area contributed by atoms with Crippen LogP contribution in [0.2, 0.25) is 0 Å². The van der Waals surface area contributed by atoms with E-state index in [1.54, 1.807) is 25.1 Å². The van der Waals surface area contributed by atoms with Crippen LogP contribution in [-0.4, -0.2) is 24.5 Å². The second-order valence-electron chi connectivity index (χ2n) is 6.16. The van der Waals surface area contributed by atoms with Crippen molar-refractivity contribution in [3.63, 3.8) is 0 Å². The summed E-state index contributed by atoms with van der Waals surface area (Å²) in [6.45, 7) is 2.38. The molecule has 0 bridgehead atoms. The number of ether oxygens (including phenoxy) is 2. The maximum absolute atomic E-state index is 12.7. The number of carbonyl (C=O) groups is 2. The first-order valence-electron chi connectivity index (χ1n) is 8.29. The quantitative estimate of drug-likeness (QED) is 0.882. The molecule has 2 aromatic rings. The first-order chi connectivity index (χ1) is 12.1. The summed E-state index contributed by atoms with van der Waals surface area (Å²) >= 11 is 0. The Morgan fingerprint density at radius 3 is 3.04 bits per heavy atom. The average Bonchev–Trinajstić information content (AvgIpc) is 2.62. The summed E-state index contributed by atoms with van der Waals surface area (Å²) in [5.74, 6) is 0.770. The highest BCUT2D eigenvalue weighted by atomic mass is 16.5. The standard InChI is InChI=1S/C19H18N2O4/c1-11-18(22)21-15-6-2-5-14(17(15)25-11)19(23)20-13-7-8-16-12(10-13)4-3-9-24-16/h2,5-8,10-11H,3-4,9H2,1H3,(H,20,23)(H,21,22)/t11-/m1/s1. The molecule has 128 valence electrons. The molecule has 0 spiro atoms. The van der Waals surface area contributed by atoms with Gasteiger partial charge in [-0.3, -0.25) is 9.59 Å². The molecule has 0 radical (unpaired) electrons. The van der Waals surface area contributed by atoms with Crippen LogP contribution in [0.3, 0.4) is 0 Å². The molecule has 2 aliphatic heterocycles. The third-order valence-electron chi connectivity index (χ3n) is 4.35. The Kier molecular flexibility index (Phi) is 3.80. The average molecular weight is 338 g/mol. The Morgan fingerprint density at radius 2 is 2.16 bits per heavy atom. The predicted octanol–water partition coefficient (Wildman–Crippen LogP) is 2.98. The molecule has 0 aliphatic carbocycles. The third kappa shape index (κ3) is 2.91. The molecule has 0 unspecified atom stereocenters. The predicted molar refractivity (Wildman–Crippen MR) is 93.4 cm³/mol. The summed E-state index contributed by atoms with van der Waals surface area (Å²) in [6, 6.07) is 10.7. The number of rotatable bonds is 2. The van der Waals surface area contributed by atoms with Crippen molar-refractivity contribution in [1.82, 2.24) is 0 Å². The number of amides is 2. The van der Waals surface area contributed by atoms with Gasteiger partial charge in [0, 0.05) is 5.69 Å². The van der Waals surface area contributed by atoms with Gasteiger partial charge in [-0.15, -0.1) is 0 Å². The number of hydrogen-bond donors (Lipinski definition) is 2. The van der Waals surface area contributed by atoms with Crippen LogP contribution in [-0.2, 0) is 11.2 Å². The lowest BCUT2D eigenvalue weighted by Gasteiger charge is -2.25. The molecular weight excluding hydrogens is 320 g/mol. The number of benzene rings is 2. The summed E-state index contributed by atoms with van der Waals surface area (Å²) in [7, 11) is 0. The molecule has 1 atom stereocenters. The Morgan fingerprint density at radius 1 is 1.28 bits per heavy atom. The number of anilines is 2. The summed E-state index contributed by atoms with van der Waals surface area (Å²) in [5, 5.41) is 5.65. The second-order valence-corrected chi connectivity index (χ2v) is 6.16. The smallest absolute Gasteiger partial charge is 0.265 e. The summed E-state index contributed by atoms with van der Waals surface area (Å²) in [4.78, 5) is 24.4. The lowest BCUT2D eigenvalue weighted by Crippen LogP contribution is -2.35. The lowest BCUT2D eigenvalue weighted by molar-refractivity contribution is -0.122. The van der Waals surface area contributed by atoms with Crippen LogP contribution in [0.25, 0.3) is 0 Å². The molecule has 25 heavy (non-hydrogen) atoms. The van der Waals surface area contributed by atoms with E-state index >= 15 is 0 Å². The minimum atomic E-state index is -0.637. The number of carbonyl (C=O) groups excluding carboxylic acids is 2. The fourth-order valence-electron chi connectivity index (χ4n) is 3.04. The van der Waals surface area contributed by atoms with Gasteiger partial charge in [-0.1, -0.05) is 6.07 Å². The summed E-state index contributed by atoms with van der Waals surface area (Å²) in [5.41, 5.74) is 2.70. The maximum atomic E-state index is 12.7. The molecule has 2 aromatic carbocycles. The van der Waals surface area contributed by atoms with Gasteiger partial charge in [-0.05, 0) is 55.7 Å². The van der Waals surface area contributed by atoms with E-state index in [1.165, 1.54) is 0 Å². The minimum absolute atomic E-state index is 0.222. The highest BCUT2D eigenvalue weighted by Gasteiger charge is 2.27. The molecular formula is C19H18N2O4. The van der Waals surface area contributed by atoms with Gasteiger partial charge in [0.05, 0.1) is 17.9 Å². The van der Waals surface area contributed by atoms with Crippen molar-refractivity contribution >= 4 is 23.2 Å². The van der Waals surface area contributed by atoms with Gasteiger partial charge in [0.2, 0.25) is 0 Å². The lowest BCUT2D eigenvalue weighted by atomic mass is 10.1. The number of hydrogen-bond acceptors (Lipinski definition) is 4. The van der Waals surface area contributed by atoms with Crippen LogP contribution in [0.4, 0.5) is 11.4 Å². The molecule has 2 amide bonds. The van der Waals surface area contributed by atoms with Gasteiger partial charge in [0.15, 0.2) is 11.9 Å². The van der Waals surface area contributed by atoms with Crippen LogP contribution >= 0.6 is 0 Å². The fraction of sp³-hybridized carbons (Fsp3) is 0.263. The number of para-hydroxylation sites is 1. The topological polar surface area (TPSA) is 76.7 Å². The summed E-state index contributed by atoms with van der Waals surface area (Å²) in [6.07, 6.45) is 1.27. The van der Waals surface area contributed by atoms with Crippen molar-refractivity contribution in [2.45, 2.75) is 25.9 Å². The molecule has 6 heteroatoms. The number of aryl methyl sites for hydroxylation is 1. The second kappa shape index (κ2) is 6.12. The zero-order chi connectivity index (χ0) is 17.4. The number of nitrogens with one attached hydrogen (secondary N) is 2. The van der Waals surface area contributed by atoms with E-state index in [2.05, 4.69) is 10.6 Å². The van der Waals surface area contributed by atoms with Crippen LogP contribution in [0.5, 0.6) is 11.5 Å². The first-order valence-corrected chi connectivity index (χ1v) is 8.29. The maximum Gasteiger partial charge on any atom is 0.265 e. The van der Waals surface area contributed by atoms with Crippen molar-refractivity contribution in [1.29, 1.82) is 0 Å². The van der Waals surface area contributed by atoms with Crippen molar-refractivity contribution in [2.24, 2.45) is 0 Å². The Bertz CT molecular complexity index is 862. The Balaban J connectivity index is 1.60. The van der Waals surface area contributed by atoms with E-state index in [0.29, 0.717) is 22.7 Å². The van der Waals surface area contributed by atoms with Crippen molar-refractivity contribution < 1.29 is 19.1 Å². The number of fused-ring (bicyclic) bond motifs is 2. The molecule has 6 nitrogen and oxygen atoms in total. The van der Waals surface area contributed by atoms with E-state index in [9.17, 15) is 9.59 Å². The first kappa shape index (κ1) is 15.5. The van der Waals surface area contributed by atoms with E-state index in [-0.39, 0.29) is 11.8 Å². The fourth-order valence-corrected chi connectivity index (χ4v) is 3.04. The van der Waals surface area contributed by atoms with Crippen LogP contribution in [0.15, 0.2) is 36.4 Å². The van der Waals surface area contributed by atoms with Gasteiger partial charge < -0.3 is 20.1 Å². The van der Waals surface area contributed by atoms with Gasteiger partial charge >= 0.3 is 0 Å². The van der Waals surface area contributed by atoms with Gasteiger partial charge in [-0.25, -0.2) is 0 Å². The van der Waals surface area contributed by atoms with Crippen molar-refractivity contribution in [3.05, 3.63) is 47.5 Å². The third-order valence-corrected chi connectivity index (χ3v) is 4.35. The molecule has 2 heterocycles. The van der Waals surface area contributed by atoms with E-state index in [4.69, 9.17) is 9.47 Å². The van der Waals surface area contributed by atoms with Crippen molar-refractivity contribution in [2.75, 3.05) is 17.2 Å². The van der Waals surface area contributed by atoms with E-state index in [1.807, 2.05) is 18.2 Å². The van der Waals surface area contributed by atoms with Crippen LogP contribution in [0, 0.1) is 0 Å². The zero-order valence-electron chi connectivity index (χ0n) is 13.8. The molecule has 0 fully saturated rings. The highest BCUT2D eigenvalue weighted by Crippen LogP contribution is 2.34. The Hall–Kier alpha value is -3.02. The molecule has 2 aliphatic rings. The van der Waals surface area contributed by atoms with E-state index < -0.39 is 6.10 Å². The molecule has 0 saturated carbocycles. The highest BCUT2D eigenvalue weighted by molar-refractivity contribution is 6.09. The van der Waals surface area contributed by atoms with Gasteiger partial charge in [-0.2, -0.15) is 0 Å².